The third kappa shape index (κ3) is 2.22. The Bertz CT molecular complexity index is 594. The summed E-state index contributed by atoms with van der Waals surface area (Å²) in [5.74, 6) is -1.14. The topological polar surface area (TPSA) is 66.0 Å². The first-order valence-electron chi connectivity index (χ1n) is 5.17. The number of halogens is 2. The average molecular weight is 252 g/mol. The Hall–Kier alpha value is -2.24. The van der Waals surface area contributed by atoms with Gasteiger partial charge in [-0.2, -0.15) is 5.10 Å². The summed E-state index contributed by atoms with van der Waals surface area (Å²) in [5, 5.41) is 14.9. The van der Waals surface area contributed by atoms with E-state index in [4.69, 9.17) is 5.11 Å². The number of alkyl halides is 2. The predicted molar refractivity (Wildman–Crippen MR) is 60.7 cm³/mol. The number of rotatable bonds is 3. The molecule has 0 radical (unpaired) electrons. The molecular formula is C12H10F2N2O2. The van der Waals surface area contributed by atoms with Gasteiger partial charge >= 0.3 is 5.97 Å². The van der Waals surface area contributed by atoms with Crippen LogP contribution in [0.15, 0.2) is 24.3 Å². The molecule has 0 aliphatic carbocycles. The van der Waals surface area contributed by atoms with Crippen LogP contribution in [0.3, 0.4) is 0 Å². The summed E-state index contributed by atoms with van der Waals surface area (Å²) in [6, 6.07) is 5.54. The van der Waals surface area contributed by atoms with Crippen molar-refractivity contribution >= 4 is 5.97 Å². The normalized spacial score (nSPS) is 10.9. The number of aryl methyl sites for hydroxylation is 1. The number of aromatic nitrogens is 2. The molecule has 0 unspecified atom stereocenters. The molecule has 0 fully saturated rings. The molecule has 94 valence electrons. The molecule has 0 amide bonds. The van der Waals surface area contributed by atoms with E-state index in [0.717, 1.165) is 5.56 Å². The van der Waals surface area contributed by atoms with Gasteiger partial charge in [0.1, 0.15) is 5.69 Å². The maximum Gasteiger partial charge on any atom is 0.353 e. The highest BCUT2D eigenvalue weighted by atomic mass is 19.3. The van der Waals surface area contributed by atoms with Crippen LogP contribution in [-0.4, -0.2) is 21.3 Å². The van der Waals surface area contributed by atoms with Gasteiger partial charge in [0.25, 0.3) is 6.43 Å². The lowest BCUT2D eigenvalue weighted by atomic mass is 10.0. The Labute approximate surface area is 101 Å². The number of hydrogen-bond donors (Lipinski definition) is 2. The maximum atomic E-state index is 12.6. The van der Waals surface area contributed by atoms with Gasteiger partial charge in [-0.1, -0.05) is 12.1 Å². The highest BCUT2D eigenvalue weighted by Gasteiger charge is 2.14. The molecule has 0 atom stereocenters. The second kappa shape index (κ2) is 4.56. The van der Waals surface area contributed by atoms with Crippen molar-refractivity contribution in [1.29, 1.82) is 0 Å². The van der Waals surface area contributed by atoms with Crippen LogP contribution in [0, 0.1) is 6.92 Å². The van der Waals surface area contributed by atoms with Crippen molar-refractivity contribution in [3.63, 3.8) is 0 Å². The quantitative estimate of drug-likeness (QED) is 0.882. The Morgan fingerprint density at radius 2 is 2.11 bits per heavy atom. The smallest absolute Gasteiger partial charge is 0.353 e. The van der Waals surface area contributed by atoms with Gasteiger partial charge in [-0.3, -0.25) is 5.10 Å². The Kier molecular flexibility index (Phi) is 3.10. The van der Waals surface area contributed by atoms with Crippen LogP contribution in [0.4, 0.5) is 8.78 Å². The van der Waals surface area contributed by atoms with Gasteiger partial charge in [-0.15, -0.1) is 0 Å². The number of H-pyrrole nitrogens is 1. The van der Waals surface area contributed by atoms with Gasteiger partial charge < -0.3 is 5.11 Å². The van der Waals surface area contributed by atoms with Crippen molar-refractivity contribution in [2.75, 3.05) is 0 Å². The summed E-state index contributed by atoms with van der Waals surface area (Å²) in [4.78, 5) is 10.7. The minimum atomic E-state index is -2.57. The lowest BCUT2D eigenvalue weighted by Crippen LogP contribution is -1.95. The van der Waals surface area contributed by atoms with Gasteiger partial charge in [-0.05, 0) is 24.6 Å². The van der Waals surface area contributed by atoms with Crippen LogP contribution in [0.1, 0.15) is 28.0 Å². The summed E-state index contributed by atoms with van der Waals surface area (Å²) < 4.78 is 25.2. The molecule has 0 saturated carbocycles. The third-order valence-corrected chi connectivity index (χ3v) is 2.60. The number of hydrogen-bond acceptors (Lipinski definition) is 2. The van der Waals surface area contributed by atoms with Gasteiger partial charge in [-0.25, -0.2) is 13.6 Å². The highest BCUT2D eigenvalue weighted by Crippen LogP contribution is 2.27. The van der Waals surface area contributed by atoms with Gasteiger partial charge in [0.15, 0.2) is 0 Å². The molecule has 1 aromatic carbocycles. The zero-order chi connectivity index (χ0) is 13.3. The lowest BCUT2D eigenvalue weighted by molar-refractivity contribution is 0.0690. The number of aromatic amines is 1. The molecule has 2 rings (SSSR count). The van der Waals surface area contributed by atoms with E-state index in [1.807, 2.05) is 0 Å². The van der Waals surface area contributed by atoms with Crippen molar-refractivity contribution in [3.05, 3.63) is 41.1 Å². The van der Waals surface area contributed by atoms with Crippen molar-refractivity contribution in [1.82, 2.24) is 10.2 Å². The van der Waals surface area contributed by atoms with Crippen LogP contribution in [0.5, 0.6) is 0 Å². The molecule has 1 heterocycles. The van der Waals surface area contributed by atoms with E-state index < -0.39 is 12.4 Å². The second-order valence-corrected chi connectivity index (χ2v) is 3.85. The van der Waals surface area contributed by atoms with Crippen molar-refractivity contribution in [3.8, 4) is 11.3 Å². The summed E-state index contributed by atoms with van der Waals surface area (Å²) >= 11 is 0. The van der Waals surface area contributed by atoms with E-state index >= 15 is 0 Å². The van der Waals surface area contributed by atoms with E-state index in [9.17, 15) is 13.6 Å². The maximum absolute atomic E-state index is 12.6. The molecule has 6 heteroatoms. The van der Waals surface area contributed by atoms with Gasteiger partial charge in [0.2, 0.25) is 0 Å². The van der Waals surface area contributed by atoms with Crippen LogP contribution in [-0.2, 0) is 0 Å². The minimum Gasteiger partial charge on any atom is -0.477 e. The standard InChI is InChI=1S/C12H10F2N2O2/c1-6-2-3-7(11(13)14)4-8(6)9-5-10(12(17)18)16-15-9/h2-5,11H,1H3,(H,15,16)(H,17,18). The van der Waals surface area contributed by atoms with E-state index in [1.165, 1.54) is 18.2 Å². The number of nitrogens with one attached hydrogen (secondary N) is 1. The van der Waals surface area contributed by atoms with Crippen molar-refractivity contribution < 1.29 is 18.7 Å². The second-order valence-electron chi connectivity index (χ2n) is 3.85. The Balaban J connectivity index is 2.48. The van der Waals surface area contributed by atoms with Crippen LogP contribution in [0.25, 0.3) is 11.3 Å². The van der Waals surface area contributed by atoms with Crippen molar-refractivity contribution in [2.45, 2.75) is 13.3 Å². The zero-order valence-electron chi connectivity index (χ0n) is 9.45. The third-order valence-electron chi connectivity index (χ3n) is 2.60. The predicted octanol–water partition coefficient (Wildman–Crippen LogP) is 3.02. The van der Waals surface area contributed by atoms with E-state index in [0.29, 0.717) is 11.3 Å². The zero-order valence-corrected chi connectivity index (χ0v) is 9.45. The number of aromatic carboxylic acids is 1. The monoisotopic (exact) mass is 252 g/mol. The molecule has 0 aliphatic rings. The highest BCUT2D eigenvalue weighted by molar-refractivity contribution is 5.87. The SMILES string of the molecule is Cc1ccc(C(F)F)cc1-c1cc(C(=O)O)[nH]n1. The average Bonchev–Trinajstić information content (AvgIpc) is 2.78. The fourth-order valence-electron chi connectivity index (χ4n) is 1.62. The van der Waals surface area contributed by atoms with Crippen LogP contribution < -0.4 is 0 Å². The number of carbonyl (C=O) groups is 1. The molecule has 2 aromatic rings. The largest absolute Gasteiger partial charge is 0.477 e. The van der Waals surface area contributed by atoms with Gasteiger partial charge in [0, 0.05) is 11.1 Å². The van der Waals surface area contributed by atoms with Crippen molar-refractivity contribution in [2.24, 2.45) is 0 Å². The Morgan fingerprint density at radius 3 is 2.67 bits per heavy atom. The van der Waals surface area contributed by atoms with E-state index in [1.54, 1.807) is 13.0 Å². The first-order chi connectivity index (χ1) is 8.49. The lowest BCUT2D eigenvalue weighted by Gasteiger charge is -2.05. The minimum absolute atomic E-state index is 0.0770. The first kappa shape index (κ1) is 12.2. The van der Waals surface area contributed by atoms with Crippen LogP contribution >= 0.6 is 0 Å². The fraction of sp³-hybridized carbons (Fsp3) is 0.167. The molecule has 18 heavy (non-hydrogen) atoms. The molecule has 0 spiro atoms. The molecule has 2 N–H and O–H groups in total. The summed E-state index contributed by atoms with van der Waals surface area (Å²) in [5.41, 5.74) is 1.40. The Morgan fingerprint density at radius 1 is 1.39 bits per heavy atom. The molecule has 0 bridgehead atoms. The molecule has 4 nitrogen and oxygen atoms in total. The number of carboxylic acid groups (broad SMARTS) is 1. The first-order valence-corrected chi connectivity index (χ1v) is 5.17. The van der Waals surface area contributed by atoms with E-state index in [-0.39, 0.29) is 11.3 Å². The molecular weight excluding hydrogens is 242 g/mol. The summed E-state index contributed by atoms with van der Waals surface area (Å²) in [6.07, 6.45) is -2.57. The number of benzene rings is 1. The number of nitrogens with zero attached hydrogens (tertiary/aromatic N) is 1. The molecule has 0 saturated heterocycles. The fourth-order valence-corrected chi connectivity index (χ4v) is 1.62. The molecule has 1 aromatic heterocycles. The van der Waals surface area contributed by atoms with Crippen LogP contribution in [0.2, 0.25) is 0 Å². The van der Waals surface area contributed by atoms with Gasteiger partial charge in [0.05, 0.1) is 5.69 Å². The van der Waals surface area contributed by atoms with E-state index in [2.05, 4.69) is 10.2 Å². The summed E-state index contributed by atoms with van der Waals surface area (Å²) in [6.45, 7) is 1.75. The molecule has 0 aliphatic heterocycles. The number of carboxylic acids is 1. The summed E-state index contributed by atoms with van der Waals surface area (Å²) in [7, 11) is 0.